The molecular formula is C19H13F3N4. The number of fused-ring (bicyclic) bond motifs is 1. The van der Waals surface area contributed by atoms with Crippen molar-refractivity contribution >= 4 is 11.0 Å². The van der Waals surface area contributed by atoms with Crippen LogP contribution >= 0.6 is 0 Å². The van der Waals surface area contributed by atoms with Crippen molar-refractivity contribution in [2.24, 2.45) is 0 Å². The smallest absolute Gasteiger partial charge is 0.216 e. The molecule has 4 heterocycles. The topological polar surface area (TPSA) is 54.5 Å². The predicted octanol–water partition coefficient (Wildman–Crippen LogP) is 3.95. The van der Waals surface area contributed by atoms with E-state index < -0.39 is 17.6 Å². The molecule has 0 aliphatic rings. The number of aromatic nitrogens is 4. The molecule has 4 rings (SSSR count). The van der Waals surface area contributed by atoms with E-state index >= 15 is 0 Å². The van der Waals surface area contributed by atoms with E-state index in [4.69, 9.17) is 0 Å². The Labute approximate surface area is 146 Å². The summed E-state index contributed by atoms with van der Waals surface area (Å²) in [5.74, 6) is -1.50. The van der Waals surface area contributed by atoms with Crippen molar-refractivity contribution < 1.29 is 13.2 Å². The van der Waals surface area contributed by atoms with Gasteiger partial charge in [-0.25, -0.2) is 18.7 Å². The number of hydrogen-bond donors (Lipinski definition) is 1. The highest BCUT2D eigenvalue weighted by Gasteiger charge is 2.12. The second kappa shape index (κ2) is 6.59. The number of halogens is 3. The summed E-state index contributed by atoms with van der Waals surface area (Å²) in [6.07, 6.45) is 5.98. The van der Waals surface area contributed by atoms with Gasteiger partial charge in [-0.05, 0) is 29.3 Å². The van der Waals surface area contributed by atoms with Crippen molar-refractivity contribution in [3.05, 3.63) is 89.0 Å². The molecule has 0 aromatic carbocycles. The quantitative estimate of drug-likeness (QED) is 0.565. The van der Waals surface area contributed by atoms with Crippen LogP contribution in [0.2, 0.25) is 0 Å². The lowest BCUT2D eigenvalue weighted by Gasteiger charge is -2.06. The minimum Gasteiger partial charge on any atom is -0.346 e. The van der Waals surface area contributed by atoms with Crippen LogP contribution in [0.15, 0.2) is 49.1 Å². The third-order valence-corrected chi connectivity index (χ3v) is 4.09. The SMILES string of the molecule is Fc1cncc(Cc2ccc(Cc3c[nH]c4ncc(F)cc34)c(F)n2)c1. The number of nitrogens with zero attached hydrogens (tertiary/aromatic N) is 3. The minimum absolute atomic E-state index is 0.256. The summed E-state index contributed by atoms with van der Waals surface area (Å²) in [7, 11) is 0. The van der Waals surface area contributed by atoms with E-state index in [1.54, 1.807) is 18.3 Å². The maximum atomic E-state index is 14.4. The van der Waals surface area contributed by atoms with Crippen LogP contribution in [0.25, 0.3) is 11.0 Å². The summed E-state index contributed by atoms with van der Waals surface area (Å²) in [5, 5.41) is 0.610. The molecule has 4 nitrogen and oxygen atoms in total. The van der Waals surface area contributed by atoms with E-state index in [1.165, 1.54) is 18.3 Å². The van der Waals surface area contributed by atoms with E-state index in [0.717, 1.165) is 18.0 Å². The molecule has 26 heavy (non-hydrogen) atoms. The molecule has 0 atom stereocenters. The van der Waals surface area contributed by atoms with Gasteiger partial charge in [-0.1, -0.05) is 6.07 Å². The van der Waals surface area contributed by atoms with Gasteiger partial charge in [0, 0.05) is 41.9 Å². The van der Waals surface area contributed by atoms with Crippen molar-refractivity contribution in [1.29, 1.82) is 0 Å². The summed E-state index contributed by atoms with van der Waals surface area (Å²) in [6.45, 7) is 0. The Balaban J connectivity index is 1.58. The van der Waals surface area contributed by atoms with E-state index in [9.17, 15) is 13.2 Å². The lowest BCUT2D eigenvalue weighted by molar-refractivity contribution is 0.564. The first-order valence-electron chi connectivity index (χ1n) is 7.94. The van der Waals surface area contributed by atoms with Gasteiger partial charge >= 0.3 is 0 Å². The Kier molecular flexibility index (Phi) is 4.12. The van der Waals surface area contributed by atoms with Gasteiger partial charge in [0.1, 0.15) is 17.3 Å². The first kappa shape index (κ1) is 16.3. The highest BCUT2D eigenvalue weighted by molar-refractivity contribution is 5.79. The maximum absolute atomic E-state index is 14.4. The van der Waals surface area contributed by atoms with Gasteiger partial charge in [0.25, 0.3) is 0 Å². The van der Waals surface area contributed by atoms with Crippen LogP contribution in [0.4, 0.5) is 13.2 Å². The Hall–Kier alpha value is -3.22. The molecule has 7 heteroatoms. The monoisotopic (exact) mass is 354 g/mol. The fraction of sp³-hybridized carbons (Fsp3) is 0.105. The molecule has 0 spiro atoms. The molecule has 4 aromatic heterocycles. The summed E-state index contributed by atoms with van der Waals surface area (Å²) < 4.78 is 41.0. The molecule has 0 radical (unpaired) electrons. The van der Waals surface area contributed by atoms with Crippen LogP contribution < -0.4 is 0 Å². The van der Waals surface area contributed by atoms with Gasteiger partial charge in [0.15, 0.2) is 0 Å². The second-order valence-electron chi connectivity index (χ2n) is 5.98. The van der Waals surface area contributed by atoms with Crippen molar-refractivity contribution in [1.82, 2.24) is 19.9 Å². The standard InChI is InChI=1S/C19H13F3N4/c20-14-3-11(7-23-9-14)4-16-2-1-12(18(22)26-16)5-13-8-24-19-17(13)6-15(21)10-25-19/h1-3,6-10H,4-5H2,(H,24,25). The van der Waals surface area contributed by atoms with E-state index in [1.807, 2.05) is 0 Å². The van der Waals surface area contributed by atoms with E-state index in [0.29, 0.717) is 27.9 Å². The molecule has 4 aromatic rings. The number of pyridine rings is 3. The zero-order valence-corrected chi connectivity index (χ0v) is 13.5. The Morgan fingerprint density at radius 3 is 2.54 bits per heavy atom. The van der Waals surface area contributed by atoms with E-state index in [2.05, 4.69) is 19.9 Å². The lowest BCUT2D eigenvalue weighted by Crippen LogP contribution is -2.01. The minimum atomic E-state index is -0.606. The summed E-state index contributed by atoms with van der Waals surface area (Å²) in [4.78, 5) is 14.6. The number of rotatable bonds is 4. The van der Waals surface area contributed by atoms with Crippen LogP contribution in [0.3, 0.4) is 0 Å². The summed E-state index contributed by atoms with van der Waals surface area (Å²) in [6, 6.07) is 6.03. The van der Waals surface area contributed by atoms with Crippen LogP contribution in [0.5, 0.6) is 0 Å². The zero-order valence-electron chi connectivity index (χ0n) is 13.5. The van der Waals surface area contributed by atoms with Crippen molar-refractivity contribution in [3.63, 3.8) is 0 Å². The van der Waals surface area contributed by atoms with Crippen LogP contribution in [0, 0.1) is 17.6 Å². The molecule has 0 aliphatic heterocycles. The Bertz CT molecular complexity index is 1090. The van der Waals surface area contributed by atoms with Crippen molar-refractivity contribution in [2.75, 3.05) is 0 Å². The third-order valence-electron chi connectivity index (χ3n) is 4.09. The fourth-order valence-corrected chi connectivity index (χ4v) is 2.88. The summed E-state index contributed by atoms with van der Waals surface area (Å²) >= 11 is 0. The van der Waals surface area contributed by atoms with E-state index in [-0.39, 0.29) is 12.8 Å². The molecule has 0 amide bonds. The lowest BCUT2D eigenvalue weighted by atomic mass is 10.0. The largest absolute Gasteiger partial charge is 0.346 e. The fourth-order valence-electron chi connectivity index (χ4n) is 2.88. The second-order valence-corrected chi connectivity index (χ2v) is 5.98. The summed E-state index contributed by atoms with van der Waals surface area (Å²) in [5.41, 5.74) is 2.75. The van der Waals surface area contributed by atoms with Gasteiger partial charge in [-0.2, -0.15) is 4.39 Å². The first-order valence-corrected chi connectivity index (χ1v) is 7.94. The molecule has 0 aliphatic carbocycles. The van der Waals surface area contributed by atoms with Gasteiger partial charge < -0.3 is 4.98 Å². The van der Waals surface area contributed by atoms with Gasteiger partial charge in [0.2, 0.25) is 5.95 Å². The molecule has 0 saturated carbocycles. The van der Waals surface area contributed by atoms with Gasteiger partial charge in [0.05, 0.1) is 12.4 Å². The van der Waals surface area contributed by atoms with Crippen LogP contribution in [-0.4, -0.2) is 19.9 Å². The molecule has 130 valence electrons. The average molecular weight is 354 g/mol. The highest BCUT2D eigenvalue weighted by Crippen LogP contribution is 2.22. The van der Waals surface area contributed by atoms with Crippen LogP contribution in [0.1, 0.15) is 22.4 Å². The Morgan fingerprint density at radius 1 is 0.885 bits per heavy atom. The molecule has 0 fully saturated rings. The maximum Gasteiger partial charge on any atom is 0.216 e. The normalized spacial score (nSPS) is 11.2. The number of nitrogens with one attached hydrogen (secondary N) is 1. The number of hydrogen-bond acceptors (Lipinski definition) is 3. The van der Waals surface area contributed by atoms with Crippen molar-refractivity contribution in [3.8, 4) is 0 Å². The predicted molar refractivity (Wildman–Crippen MR) is 90.1 cm³/mol. The highest BCUT2D eigenvalue weighted by atomic mass is 19.1. The molecular weight excluding hydrogens is 341 g/mol. The third kappa shape index (κ3) is 3.28. The number of aromatic amines is 1. The molecule has 0 bridgehead atoms. The van der Waals surface area contributed by atoms with Crippen LogP contribution in [-0.2, 0) is 12.8 Å². The Morgan fingerprint density at radius 2 is 1.73 bits per heavy atom. The van der Waals surface area contributed by atoms with Gasteiger partial charge in [-0.3, -0.25) is 4.98 Å². The first-order chi connectivity index (χ1) is 12.6. The molecule has 1 N–H and O–H groups in total. The molecule has 0 unspecified atom stereocenters. The van der Waals surface area contributed by atoms with Gasteiger partial charge in [-0.15, -0.1) is 0 Å². The number of H-pyrrole nitrogens is 1. The molecule has 0 saturated heterocycles. The van der Waals surface area contributed by atoms with Crippen molar-refractivity contribution in [2.45, 2.75) is 12.8 Å². The average Bonchev–Trinajstić information content (AvgIpc) is 2.99. The zero-order chi connectivity index (χ0) is 18.1.